The minimum Gasteiger partial charge on any atom is -0.310 e. The molecule has 1 aliphatic rings. The molecule has 0 heterocycles. The molecule has 142 valence electrons. The normalized spacial score (nSPS) is 19.5. The zero-order valence-electron chi connectivity index (χ0n) is 16.5. The Hall–Kier alpha value is -1.51. The number of likely N-dealkylation sites (N-methyl/N-ethyl adjacent to an activating group) is 1. The van der Waals surface area contributed by atoms with E-state index in [9.17, 15) is 4.79 Å². The molecule has 0 spiro atoms. The molecule has 26 heavy (non-hydrogen) atoms. The van der Waals surface area contributed by atoms with E-state index in [1.165, 1.54) is 19.3 Å². The van der Waals surface area contributed by atoms with E-state index in [4.69, 9.17) is 5.26 Å². The first-order valence-electron chi connectivity index (χ1n) is 9.52. The summed E-state index contributed by atoms with van der Waals surface area (Å²) in [7, 11) is 2.06. The number of carbonyl (C=O) groups is 1. The molecule has 1 aliphatic carbocycles. The van der Waals surface area contributed by atoms with Gasteiger partial charge in [-0.1, -0.05) is 13.0 Å². The average molecular weight is 374 g/mol. The van der Waals surface area contributed by atoms with Gasteiger partial charge in [0.2, 0.25) is 5.91 Å². The Labute approximate surface area is 162 Å². The molecule has 1 fully saturated rings. The van der Waals surface area contributed by atoms with Crippen LogP contribution >= 0.6 is 11.8 Å². The van der Waals surface area contributed by atoms with Crippen LogP contribution in [0.2, 0.25) is 0 Å². The van der Waals surface area contributed by atoms with Crippen molar-refractivity contribution in [2.24, 2.45) is 0 Å². The lowest BCUT2D eigenvalue weighted by molar-refractivity contribution is -0.119. The monoisotopic (exact) mass is 373 g/mol. The van der Waals surface area contributed by atoms with Crippen molar-refractivity contribution >= 4 is 23.4 Å². The number of aryl methyl sites for hydroxylation is 2. The van der Waals surface area contributed by atoms with Gasteiger partial charge < -0.3 is 4.90 Å². The number of hydrogen-bond donors (Lipinski definition) is 0. The summed E-state index contributed by atoms with van der Waals surface area (Å²) < 4.78 is 0. The van der Waals surface area contributed by atoms with Crippen LogP contribution in [0.1, 0.15) is 43.7 Å². The minimum atomic E-state index is 0.0827. The van der Waals surface area contributed by atoms with E-state index in [0.717, 1.165) is 27.8 Å². The maximum Gasteiger partial charge on any atom is 0.241 e. The van der Waals surface area contributed by atoms with Gasteiger partial charge in [-0.25, -0.2) is 0 Å². The highest BCUT2D eigenvalue weighted by atomic mass is 32.2. The molecule has 2 rings (SSSR count). The number of amides is 1. The maximum absolute atomic E-state index is 13.0. The van der Waals surface area contributed by atoms with Gasteiger partial charge in [0.15, 0.2) is 0 Å². The highest BCUT2D eigenvalue weighted by molar-refractivity contribution is 7.99. The number of nitriles is 1. The van der Waals surface area contributed by atoms with Crippen LogP contribution < -0.4 is 4.90 Å². The highest BCUT2D eigenvalue weighted by Gasteiger charge is 2.29. The Kier molecular flexibility index (Phi) is 7.99. The molecule has 0 radical (unpaired) electrons. The molecule has 1 aromatic carbocycles. The number of rotatable bonds is 8. The predicted molar refractivity (Wildman–Crippen MR) is 111 cm³/mol. The molecular weight excluding hydrogens is 342 g/mol. The van der Waals surface area contributed by atoms with Gasteiger partial charge in [0.05, 0.1) is 19.0 Å². The third-order valence-electron chi connectivity index (χ3n) is 5.03. The molecule has 1 amide bonds. The van der Waals surface area contributed by atoms with Crippen molar-refractivity contribution in [3.05, 3.63) is 29.3 Å². The Balaban J connectivity index is 2.05. The molecule has 0 bridgehead atoms. The summed E-state index contributed by atoms with van der Waals surface area (Å²) in [5.41, 5.74) is 3.18. The number of hydrogen-bond acceptors (Lipinski definition) is 4. The van der Waals surface area contributed by atoms with Crippen LogP contribution in [-0.4, -0.2) is 48.0 Å². The first-order valence-corrected chi connectivity index (χ1v) is 10.6. The third kappa shape index (κ3) is 5.75. The molecule has 5 heteroatoms. The number of thioether (sulfide) groups is 1. The van der Waals surface area contributed by atoms with Crippen LogP contribution in [0.25, 0.3) is 0 Å². The zero-order chi connectivity index (χ0) is 19.1. The second-order valence-corrected chi connectivity index (χ2v) is 8.84. The standard InChI is InChI=1S/C21H31N3OS/c1-5-26-20-8-7-18(14-20)23(4)15-21(25)24(10-6-9-22)19-12-16(2)11-17(3)13-19/h11-13,18,20H,5-8,10,14-15H2,1-4H3/t18-,20-/m1/s1. The van der Waals surface area contributed by atoms with E-state index in [2.05, 4.69) is 31.0 Å². The van der Waals surface area contributed by atoms with Gasteiger partial charge in [0.1, 0.15) is 0 Å². The van der Waals surface area contributed by atoms with Crippen LogP contribution in [0.3, 0.4) is 0 Å². The Bertz CT molecular complexity index is 635. The topological polar surface area (TPSA) is 47.3 Å². The molecular formula is C21H31N3OS. The smallest absolute Gasteiger partial charge is 0.241 e. The number of nitrogens with zero attached hydrogens (tertiary/aromatic N) is 3. The SMILES string of the molecule is CCS[C@@H]1CC[C@@H](N(C)CC(=O)N(CCC#N)c2cc(C)cc(C)c2)C1. The molecule has 1 saturated carbocycles. The van der Waals surface area contributed by atoms with Crippen LogP contribution in [0, 0.1) is 25.2 Å². The van der Waals surface area contributed by atoms with Crippen molar-refractivity contribution in [1.82, 2.24) is 4.90 Å². The van der Waals surface area contributed by atoms with Gasteiger partial charge in [-0.2, -0.15) is 17.0 Å². The molecule has 0 saturated heterocycles. The Morgan fingerprint density at radius 2 is 1.96 bits per heavy atom. The summed E-state index contributed by atoms with van der Waals surface area (Å²) in [6, 6.07) is 8.83. The summed E-state index contributed by atoms with van der Waals surface area (Å²) in [4.78, 5) is 17.0. The van der Waals surface area contributed by atoms with Crippen molar-refractivity contribution < 1.29 is 4.79 Å². The van der Waals surface area contributed by atoms with Gasteiger partial charge in [0, 0.05) is 23.5 Å². The Morgan fingerprint density at radius 1 is 1.27 bits per heavy atom. The lowest BCUT2D eigenvalue weighted by atomic mass is 10.1. The van der Waals surface area contributed by atoms with Crippen molar-refractivity contribution in [3.8, 4) is 6.07 Å². The fraction of sp³-hybridized carbons (Fsp3) is 0.619. The molecule has 2 atom stereocenters. The van der Waals surface area contributed by atoms with Crippen molar-refractivity contribution in [2.75, 3.05) is 30.8 Å². The summed E-state index contributed by atoms with van der Waals surface area (Å²) in [6.45, 7) is 7.15. The van der Waals surface area contributed by atoms with Gasteiger partial charge in [-0.15, -0.1) is 0 Å². The molecule has 0 unspecified atom stereocenters. The number of carbonyl (C=O) groups excluding carboxylic acids is 1. The van der Waals surface area contributed by atoms with E-state index >= 15 is 0 Å². The van der Waals surface area contributed by atoms with Gasteiger partial charge in [-0.05, 0) is 69.2 Å². The minimum absolute atomic E-state index is 0.0827. The summed E-state index contributed by atoms with van der Waals surface area (Å²) in [6.07, 6.45) is 3.94. The van der Waals surface area contributed by atoms with E-state index in [0.29, 0.717) is 25.6 Å². The molecule has 0 aliphatic heterocycles. The first kappa shape index (κ1) is 20.8. The lowest BCUT2D eigenvalue weighted by Gasteiger charge is -2.28. The molecule has 4 nitrogen and oxygen atoms in total. The molecule has 1 aromatic rings. The highest BCUT2D eigenvalue weighted by Crippen LogP contribution is 2.32. The van der Waals surface area contributed by atoms with Gasteiger partial charge in [-0.3, -0.25) is 9.69 Å². The lowest BCUT2D eigenvalue weighted by Crippen LogP contribution is -2.42. The summed E-state index contributed by atoms with van der Waals surface area (Å²) in [5.74, 6) is 1.24. The predicted octanol–water partition coefficient (Wildman–Crippen LogP) is 4.16. The average Bonchev–Trinajstić information content (AvgIpc) is 3.03. The fourth-order valence-electron chi connectivity index (χ4n) is 3.80. The second kappa shape index (κ2) is 9.99. The quantitative estimate of drug-likeness (QED) is 0.686. The third-order valence-corrected chi connectivity index (χ3v) is 6.27. The van der Waals surface area contributed by atoms with Crippen LogP contribution in [-0.2, 0) is 4.79 Å². The van der Waals surface area contributed by atoms with E-state index < -0.39 is 0 Å². The van der Waals surface area contributed by atoms with Crippen molar-refractivity contribution in [1.29, 1.82) is 5.26 Å². The molecule has 0 N–H and O–H groups in total. The summed E-state index contributed by atoms with van der Waals surface area (Å²) >= 11 is 2.04. The second-order valence-electron chi connectivity index (χ2n) is 7.26. The van der Waals surface area contributed by atoms with Crippen LogP contribution in [0.15, 0.2) is 18.2 Å². The van der Waals surface area contributed by atoms with E-state index in [1.807, 2.05) is 37.7 Å². The zero-order valence-corrected chi connectivity index (χ0v) is 17.3. The fourth-order valence-corrected chi connectivity index (χ4v) is 4.93. The van der Waals surface area contributed by atoms with Crippen molar-refractivity contribution in [2.45, 2.75) is 57.7 Å². The largest absolute Gasteiger partial charge is 0.310 e. The number of anilines is 1. The van der Waals surface area contributed by atoms with E-state index in [1.54, 1.807) is 4.90 Å². The van der Waals surface area contributed by atoms with Gasteiger partial charge in [0.25, 0.3) is 0 Å². The first-order chi connectivity index (χ1) is 12.4. The van der Waals surface area contributed by atoms with Gasteiger partial charge >= 0.3 is 0 Å². The van der Waals surface area contributed by atoms with Crippen LogP contribution in [0.4, 0.5) is 5.69 Å². The number of benzene rings is 1. The van der Waals surface area contributed by atoms with Crippen LogP contribution in [0.5, 0.6) is 0 Å². The van der Waals surface area contributed by atoms with Crippen molar-refractivity contribution in [3.63, 3.8) is 0 Å². The van der Waals surface area contributed by atoms with E-state index in [-0.39, 0.29) is 5.91 Å². The maximum atomic E-state index is 13.0. The molecule has 0 aromatic heterocycles. The Morgan fingerprint density at radius 3 is 2.58 bits per heavy atom. The summed E-state index contributed by atoms with van der Waals surface area (Å²) in [5, 5.41) is 9.72.